The van der Waals surface area contributed by atoms with Crippen molar-refractivity contribution < 1.29 is 32.3 Å². The van der Waals surface area contributed by atoms with Crippen molar-refractivity contribution in [2.24, 2.45) is 5.73 Å². The number of alkyl halides is 3. The fourth-order valence-corrected chi connectivity index (χ4v) is 4.87. The molecule has 1 aliphatic carbocycles. The molecular formula is C26H25F3N6O4. The van der Waals surface area contributed by atoms with Crippen molar-refractivity contribution >= 4 is 5.91 Å². The van der Waals surface area contributed by atoms with Gasteiger partial charge in [0.2, 0.25) is 0 Å². The highest BCUT2D eigenvalue weighted by atomic mass is 19.4. The largest absolute Gasteiger partial charge is 0.495 e. The molecule has 0 bridgehead atoms. The first-order valence-electron chi connectivity index (χ1n) is 12.2. The maximum atomic E-state index is 14.3. The zero-order valence-electron chi connectivity index (χ0n) is 21.1. The van der Waals surface area contributed by atoms with E-state index in [0.29, 0.717) is 10.2 Å². The van der Waals surface area contributed by atoms with Crippen LogP contribution in [0, 0.1) is 0 Å². The smallest absolute Gasteiger partial charge is 0.433 e. The number of aromatic nitrogens is 5. The Kier molecular flexibility index (Phi) is 6.85. The van der Waals surface area contributed by atoms with Gasteiger partial charge in [-0.25, -0.2) is 9.97 Å². The Hall–Kier alpha value is -4.26. The van der Waals surface area contributed by atoms with Gasteiger partial charge in [-0.2, -0.15) is 18.3 Å². The summed E-state index contributed by atoms with van der Waals surface area (Å²) in [5, 5.41) is 17.9. The summed E-state index contributed by atoms with van der Waals surface area (Å²) in [5.74, 6) is -0.713. The lowest BCUT2D eigenvalue weighted by Crippen LogP contribution is -2.20. The van der Waals surface area contributed by atoms with E-state index in [0.717, 1.165) is 31.0 Å². The zero-order chi connectivity index (χ0) is 27.9. The highest BCUT2D eigenvalue weighted by molar-refractivity contribution is 6.01. The number of nitrogens with zero attached hydrogens (tertiary/aromatic N) is 5. The number of primary amides is 1. The number of carbonyl (C=O) groups is 1. The SMILES string of the molecule is COc1c(C(N)=O)ccc(C2CCC2)c1-c1noc(-c2cnn(CC(C)O)c2C(F)(F)F)c1-c1ccncn1. The van der Waals surface area contributed by atoms with Crippen LogP contribution in [0.3, 0.4) is 0 Å². The van der Waals surface area contributed by atoms with Gasteiger partial charge in [0.25, 0.3) is 5.91 Å². The molecule has 0 aliphatic heterocycles. The molecule has 0 saturated heterocycles. The van der Waals surface area contributed by atoms with Crippen molar-refractivity contribution in [3.8, 4) is 39.6 Å². The fraction of sp³-hybridized carbons (Fsp3) is 0.346. The molecule has 0 spiro atoms. The molecule has 1 aliphatic rings. The maximum absolute atomic E-state index is 14.3. The predicted molar refractivity (Wildman–Crippen MR) is 133 cm³/mol. The van der Waals surface area contributed by atoms with Crippen LogP contribution in [0.4, 0.5) is 13.2 Å². The third-order valence-corrected chi connectivity index (χ3v) is 6.76. The first-order chi connectivity index (χ1) is 18.6. The Balaban J connectivity index is 1.84. The lowest BCUT2D eigenvalue weighted by molar-refractivity contribution is -0.144. The summed E-state index contributed by atoms with van der Waals surface area (Å²) in [5.41, 5.74) is 5.94. The highest BCUT2D eigenvalue weighted by Crippen LogP contribution is 2.50. The third kappa shape index (κ3) is 4.73. The number of nitrogens with two attached hydrogens (primary N) is 1. The Morgan fingerprint density at radius 1 is 1.28 bits per heavy atom. The summed E-state index contributed by atoms with van der Waals surface area (Å²) in [6, 6.07) is 4.85. The molecule has 1 saturated carbocycles. The van der Waals surface area contributed by atoms with Gasteiger partial charge in [-0.1, -0.05) is 17.6 Å². The number of hydrogen-bond acceptors (Lipinski definition) is 8. The molecule has 0 radical (unpaired) electrons. The summed E-state index contributed by atoms with van der Waals surface area (Å²) in [4.78, 5) is 20.5. The Labute approximate surface area is 220 Å². The van der Waals surface area contributed by atoms with E-state index >= 15 is 0 Å². The van der Waals surface area contributed by atoms with Gasteiger partial charge in [-0.05, 0) is 43.4 Å². The van der Waals surface area contributed by atoms with Crippen LogP contribution < -0.4 is 10.5 Å². The van der Waals surface area contributed by atoms with Crippen molar-refractivity contribution in [1.29, 1.82) is 0 Å². The van der Waals surface area contributed by atoms with Crippen molar-refractivity contribution in [3.63, 3.8) is 0 Å². The Morgan fingerprint density at radius 2 is 2.05 bits per heavy atom. The third-order valence-electron chi connectivity index (χ3n) is 6.76. The number of aliphatic hydroxyl groups is 1. The van der Waals surface area contributed by atoms with Gasteiger partial charge >= 0.3 is 6.18 Å². The van der Waals surface area contributed by atoms with E-state index in [1.54, 1.807) is 12.1 Å². The van der Waals surface area contributed by atoms with Gasteiger partial charge < -0.3 is 20.1 Å². The second-order valence-corrected chi connectivity index (χ2v) is 9.37. The van der Waals surface area contributed by atoms with E-state index in [9.17, 15) is 23.1 Å². The summed E-state index contributed by atoms with van der Waals surface area (Å²) in [6.45, 7) is 0.972. The number of aliphatic hydroxyl groups excluding tert-OH is 1. The van der Waals surface area contributed by atoms with E-state index in [1.807, 2.05) is 0 Å². The number of halogens is 3. The van der Waals surface area contributed by atoms with Crippen LogP contribution in [-0.2, 0) is 12.7 Å². The van der Waals surface area contributed by atoms with E-state index in [-0.39, 0.29) is 52.1 Å². The molecule has 13 heteroatoms. The zero-order valence-corrected chi connectivity index (χ0v) is 21.1. The topological polar surface area (TPSA) is 142 Å². The van der Waals surface area contributed by atoms with Gasteiger partial charge in [0, 0.05) is 6.20 Å². The molecule has 1 amide bonds. The van der Waals surface area contributed by atoms with Crippen molar-refractivity contribution in [2.75, 3.05) is 7.11 Å². The Morgan fingerprint density at radius 3 is 2.62 bits per heavy atom. The fourth-order valence-electron chi connectivity index (χ4n) is 4.87. The van der Waals surface area contributed by atoms with Crippen molar-refractivity contribution in [3.05, 3.63) is 53.7 Å². The number of rotatable bonds is 8. The minimum atomic E-state index is -4.84. The molecule has 1 unspecified atom stereocenters. The predicted octanol–water partition coefficient (Wildman–Crippen LogP) is 4.44. The molecular weight excluding hydrogens is 517 g/mol. The maximum Gasteiger partial charge on any atom is 0.433 e. The molecule has 1 fully saturated rings. The molecule has 1 atom stereocenters. The molecule has 3 aromatic heterocycles. The number of hydrogen-bond donors (Lipinski definition) is 2. The van der Waals surface area contributed by atoms with Gasteiger partial charge in [0.1, 0.15) is 17.8 Å². The first-order valence-corrected chi connectivity index (χ1v) is 12.2. The monoisotopic (exact) mass is 542 g/mol. The molecule has 1 aromatic carbocycles. The van der Waals surface area contributed by atoms with Crippen LogP contribution in [0.1, 0.15) is 53.7 Å². The number of carbonyl (C=O) groups excluding carboxylic acids is 1. The first kappa shape index (κ1) is 26.4. The number of amides is 1. The van der Waals surface area contributed by atoms with Crippen molar-refractivity contribution in [1.82, 2.24) is 24.9 Å². The summed E-state index contributed by atoms with van der Waals surface area (Å²) < 4.78 is 54.9. The second-order valence-electron chi connectivity index (χ2n) is 9.37. The molecule has 3 N–H and O–H groups in total. The van der Waals surface area contributed by atoms with Crippen LogP contribution in [0.2, 0.25) is 0 Å². The van der Waals surface area contributed by atoms with Gasteiger partial charge in [-0.15, -0.1) is 0 Å². The quantitative estimate of drug-likeness (QED) is 0.333. The van der Waals surface area contributed by atoms with Crippen LogP contribution in [-0.4, -0.2) is 49.1 Å². The second kappa shape index (κ2) is 10.1. The molecule has 3 heterocycles. The van der Waals surface area contributed by atoms with Crippen LogP contribution >= 0.6 is 0 Å². The standard InChI is InChI=1S/C26H25F3N6O4/c1-13(36)11-35-24(26(27,28)29)17(10-33-35)23-20(18-8-9-31-12-32-18)21(34-39-23)19-15(14-4-3-5-14)6-7-16(25(30)37)22(19)38-2/h6-10,12-14,36H,3-5,11H2,1-2H3,(H2,30,37). The lowest BCUT2D eigenvalue weighted by Gasteiger charge is -2.29. The number of ether oxygens (including phenoxy) is 1. The van der Waals surface area contributed by atoms with E-state index in [2.05, 4.69) is 20.2 Å². The molecule has 4 aromatic rings. The summed E-state index contributed by atoms with van der Waals surface area (Å²) >= 11 is 0. The van der Waals surface area contributed by atoms with Crippen LogP contribution in [0.5, 0.6) is 5.75 Å². The van der Waals surface area contributed by atoms with E-state index < -0.39 is 23.9 Å². The highest BCUT2D eigenvalue weighted by Gasteiger charge is 2.41. The van der Waals surface area contributed by atoms with Gasteiger partial charge in [-0.3, -0.25) is 9.48 Å². The summed E-state index contributed by atoms with van der Waals surface area (Å²) in [7, 11) is 1.38. The molecule has 39 heavy (non-hydrogen) atoms. The molecule has 5 rings (SSSR count). The summed E-state index contributed by atoms with van der Waals surface area (Å²) in [6.07, 6.45) is 0.547. The molecule has 10 nitrogen and oxygen atoms in total. The lowest BCUT2D eigenvalue weighted by atomic mass is 9.76. The molecule has 204 valence electrons. The normalized spacial score (nSPS) is 14.7. The minimum absolute atomic E-state index is 0.0921. The number of methoxy groups -OCH3 is 1. The van der Waals surface area contributed by atoms with Gasteiger partial charge in [0.05, 0.1) is 53.9 Å². The van der Waals surface area contributed by atoms with E-state index in [1.165, 1.54) is 32.6 Å². The Bertz CT molecular complexity index is 1510. The average molecular weight is 543 g/mol. The average Bonchev–Trinajstić information content (AvgIpc) is 3.46. The van der Waals surface area contributed by atoms with Crippen LogP contribution in [0.15, 0.2) is 41.4 Å². The number of benzene rings is 1. The minimum Gasteiger partial charge on any atom is -0.495 e. The van der Waals surface area contributed by atoms with E-state index in [4.69, 9.17) is 15.0 Å². The van der Waals surface area contributed by atoms with Crippen LogP contribution in [0.25, 0.3) is 33.8 Å². The van der Waals surface area contributed by atoms with Crippen molar-refractivity contribution in [2.45, 2.75) is 50.9 Å². The van der Waals surface area contributed by atoms with Gasteiger partial charge in [0.15, 0.2) is 11.5 Å².